The first kappa shape index (κ1) is 17.7. The first-order valence-corrected chi connectivity index (χ1v) is 10.5. The highest BCUT2D eigenvalue weighted by atomic mass is 32.2. The summed E-state index contributed by atoms with van der Waals surface area (Å²) in [5.41, 5.74) is 0.897. The van der Waals surface area contributed by atoms with Crippen LogP contribution >= 0.6 is 0 Å². The Kier molecular flexibility index (Phi) is 4.84. The molecule has 0 radical (unpaired) electrons. The molecule has 4 rings (SSSR count). The van der Waals surface area contributed by atoms with Gasteiger partial charge in [-0.3, -0.25) is 0 Å². The largest absolute Gasteiger partial charge is 0.343 e. The number of sulfone groups is 1. The Morgan fingerprint density at radius 3 is 2.04 bits per heavy atom. The van der Waals surface area contributed by atoms with Gasteiger partial charge in [0.05, 0.1) is 23.0 Å². The second kappa shape index (κ2) is 7.12. The molecule has 6 heteroatoms. The number of piperidine rings is 1. The van der Waals surface area contributed by atoms with Gasteiger partial charge in [0.15, 0.2) is 5.79 Å². The van der Waals surface area contributed by atoms with E-state index in [1.807, 2.05) is 12.1 Å². The second-order valence-electron chi connectivity index (χ2n) is 6.73. The van der Waals surface area contributed by atoms with Gasteiger partial charge in [-0.15, -0.1) is 0 Å². The van der Waals surface area contributed by atoms with Crippen molar-refractivity contribution in [1.82, 2.24) is 5.32 Å². The maximum Gasteiger partial charge on any atom is 0.206 e. The van der Waals surface area contributed by atoms with Crippen LogP contribution in [-0.2, 0) is 25.1 Å². The molecule has 138 valence electrons. The molecule has 2 aliphatic heterocycles. The molecule has 0 unspecified atom stereocenters. The van der Waals surface area contributed by atoms with Crippen molar-refractivity contribution in [3.8, 4) is 0 Å². The fraction of sp³-hybridized carbons (Fsp3) is 0.400. The number of hydrogen-bond donors (Lipinski definition) is 1. The van der Waals surface area contributed by atoms with Crippen molar-refractivity contribution in [1.29, 1.82) is 0 Å². The van der Waals surface area contributed by atoms with Crippen molar-refractivity contribution in [2.75, 3.05) is 26.3 Å². The summed E-state index contributed by atoms with van der Waals surface area (Å²) >= 11 is 0. The predicted molar refractivity (Wildman–Crippen MR) is 97.5 cm³/mol. The minimum Gasteiger partial charge on any atom is -0.343 e. The lowest BCUT2D eigenvalue weighted by atomic mass is 9.84. The molecule has 2 fully saturated rings. The summed E-state index contributed by atoms with van der Waals surface area (Å²) in [5.74, 6) is -0.486. The first-order valence-electron chi connectivity index (χ1n) is 9.02. The Hall–Kier alpha value is -1.73. The molecule has 2 heterocycles. The average Bonchev–Trinajstić information content (AvgIpc) is 3.21. The monoisotopic (exact) mass is 373 g/mol. The zero-order valence-corrected chi connectivity index (χ0v) is 15.4. The Bertz CT molecular complexity index is 837. The third-order valence-electron chi connectivity index (χ3n) is 5.21. The van der Waals surface area contributed by atoms with Crippen LogP contribution in [0.3, 0.4) is 0 Å². The van der Waals surface area contributed by atoms with Crippen LogP contribution in [0.25, 0.3) is 0 Å². The van der Waals surface area contributed by atoms with Crippen LogP contribution in [0.1, 0.15) is 18.4 Å². The molecule has 0 atom stereocenters. The Balaban J connectivity index is 1.66. The molecule has 2 saturated heterocycles. The molecular formula is C20H23NO4S. The van der Waals surface area contributed by atoms with Crippen molar-refractivity contribution >= 4 is 9.84 Å². The van der Waals surface area contributed by atoms with E-state index in [0.29, 0.717) is 18.1 Å². The number of ether oxygens (including phenoxy) is 2. The molecule has 1 N–H and O–H groups in total. The van der Waals surface area contributed by atoms with Gasteiger partial charge in [0.2, 0.25) is 9.84 Å². The van der Waals surface area contributed by atoms with Crippen molar-refractivity contribution in [2.45, 2.75) is 28.4 Å². The molecule has 0 spiro atoms. The molecule has 0 bridgehead atoms. The van der Waals surface area contributed by atoms with Crippen LogP contribution in [0.4, 0.5) is 0 Å². The molecule has 2 aromatic rings. The van der Waals surface area contributed by atoms with E-state index in [0.717, 1.165) is 31.5 Å². The van der Waals surface area contributed by atoms with Gasteiger partial charge in [-0.2, -0.15) is 0 Å². The third-order valence-corrected chi connectivity index (χ3v) is 7.00. The smallest absolute Gasteiger partial charge is 0.206 e. The fourth-order valence-corrected chi connectivity index (χ4v) is 5.15. The van der Waals surface area contributed by atoms with E-state index in [9.17, 15) is 8.42 Å². The maximum absolute atomic E-state index is 12.8. The van der Waals surface area contributed by atoms with E-state index < -0.39 is 15.6 Å². The molecule has 26 heavy (non-hydrogen) atoms. The molecule has 0 saturated carbocycles. The van der Waals surface area contributed by atoms with Crippen LogP contribution in [0.2, 0.25) is 0 Å². The van der Waals surface area contributed by atoms with Gasteiger partial charge in [-0.05, 0) is 50.2 Å². The van der Waals surface area contributed by atoms with Crippen LogP contribution in [0.15, 0.2) is 64.4 Å². The molecule has 0 aromatic heterocycles. The van der Waals surface area contributed by atoms with E-state index >= 15 is 0 Å². The standard InChI is InChI=1S/C20H23NO4S/c22-26(23,18-4-2-1-3-5-18)19-8-6-16(7-9-19)20(24-14-15-25-20)17-10-12-21-13-11-17/h1-9,17,21H,10-15H2. The van der Waals surface area contributed by atoms with E-state index in [-0.39, 0.29) is 10.8 Å². The minimum atomic E-state index is -3.52. The van der Waals surface area contributed by atoms with Crippen molar-refractivity contribution in [3.05, 3.63) is 60.2 Å². The topological polar surface area (TPSA) is 64.6 Å². The zero-order chi connectivity index (χ0) is 18.0. The average molecular weight is 373 g/mol. The minimum absolute atomic E-state index is 0.267. The highest BCUT2D eigenvalue weighted by Gasteiger charge is 2.46. The molecule has 2 aromatic carbocycles. The van der Waals surface area contributed by atoms with Gasteiger partial charge in [0.1, 0.15) is 0 Å². The molecule has 5 nitrogen and oxygen atoms in total. The van der Waals surface area contributed by atoms with Crippen LogP contribution < -0.4 is 5.32 Å². The number of benzene rings is 2. The SMILES string of the molecule is O=S(=O)(c1ccccc1)c1ccc(C2(C3CCNCC3)OCCO2)cc1. The summed E-state index contributed by atoms with van der Waals surface area (Å²) in [6.45, 7) is 3.02. The van der Waals surface area contributed by atoms with E-state index in [2.05, 4.69) is 5.32 Å². The number of rotatable bonds is 4. The van der Waals surface area contributed by atoms with Gasteiger partial charge in [-0.1, -0.05) is 30.3 Å². The fourth-order valence-electron chi connectivity index (χ4n) is 3.87. The van der Waals surface area contributed by atoms with E-state index in [1.54, 1.807) is 42.5 Å². The lowest BCUT2D eigenvalue weighted by Gasteiger charge is -2.38. The van der Waals surface area contributed by atoms with Gasteiger partial charge in [0.25, 0.3) is 0 Å². The Labute approximate surface area is 154 Å². The van der Waals surface area contributed by atoms with Gasteiger partial charge >= 0.3 is 0 Å². The van der Waals surface area contributed by atoms with Crippen LogP contribution in [-0.4, -0.2) is 34.7 Å². The second-order valence-corrected chi connectivity index (χ2v) is 8.68. The van der Waals surface area contributed by atoms with Gasteiger partial charge in [0, 0.05) is 11.5 Å². The highest BCUT2D eigenvalue weighted by Crippen LogP contribution is 2.43. The Morgan fingerprint density at radius 2 is 1.42 bits per heavy atom. The summed E-state index contributed by atoms with van der Waals surface area (Å²) in [4.78, 5) is 0.583. The zero-order valence-electron chi connectivity index (χ0n) is 14.6. The van der Waals surface area contributed by atoms with Crippen LogP contribution in [0.5, 0.6) is 0 Å². The van der Waals surface area contributed by atoms with Gasteiger partial charge in [-0.25, -0.2) is 8.42 Å². The van der Waals surface area contributed by atoms with Crippen molar-refractivity contribution in [2.24, 2.45) is 5.92 Å². The normalized spacial score (nSPS) is 20.9. The summed E-state index contributed by atoms with van der Waals surface area (Å²) in [7, 11) is -3.52. The van der Waals surface area contributed by atoms with Gasteiger partial charge < -0.3 is 14.8 Å². The first-order chi connectivity index (χ1) is 12.6. The third kappa shape index (κ3) is 3.07. The molecule has 2 aliphatic rings. The van der Waals surface area contributed by atoms with E-state index in [1.165, 1.54) is 0 Å². The maximum atomic E-state index is 12.8. The number of hydrogen-bond acceptors (Lipinski definition) is 5. The highest BCUT2D eigenvalue weighted by molar-refractivity contribution is 7.91. The predicted octanol–water partition coefficient (Wildman–Crippen LogP) is 2.72. The summed E-state index contributed by atoms with van der Waals surface area (Å²) in [6.07, 6.45) is 1.95. The van der Waals surface area contributed by atoms with Crippen molar-refractivity contribution < 1.29 is 17.9 Å². The summed E-state index contributed by atoms with van der Waals surface area (Å²) in [6, 6.07) is 15.5. The summed E-state index contributed by atoms with van der Waals surface area (Å²) in [5, 5.41) is 3.36. The Morgan fingerprint density at radius 1 is 0.846 bits per heavy atom. The molecule has 0 aliphatic carbocycles. The lowest BCUT2D eigenvalue weighted by Crippen LogP contribution is -2.42. The lowest BCUT2D eigenvalue weighted by molar-refractivity contribution is -0.210. The van der Waals surface area contributed by atoms with Crippen LogP contribution in [0, 0.1) is 5.92 Å². The molecular weight excluding hydrogens is 350 g/mol. The quantitative estimate of drug-likeness (QED) is 0.893. The van der Waals surface area contributed by atoms with Crippen molar-refractivity contribution in [3.63, 3.8) is 0 Å². The molecule has 0 amide bonds. The van der Waals surface area contributed by atoms with E-state index in [4.69, 9.17) is 9.47 Å². The number of nitrogens with one attached hydrogen (secondary N) is 1. The summed E-state index contributed by atoms with van der Waals surface area (Å²) < 4.78 is 37.7.